The molecule has 1 N–H and O–H groups in total. The third-order valence-corrected chi connectivity index (χ3v) is 8.33. The molecule has 10 nitrogen and oxygen atoms in total. The molecule has 4 aromatic rings. The number of fused-ring (bicyclic) bond motifs is 1. The zero-order valence-corrected chi connectivity index (χ0v) is 25.8. The fraction of sp³-hybridized carbons (Fsp3) is 0.469. The average Bonchev–Trinajstić information content (AvgIpc) is 3.36. The van der Waals surface area contributed by atoms with E-state index in [0.717, 1.165) is 46.8 Å². The molecule has 5 heterocycles. The zero-order valence-electron chi connectivity index (χ0n) is 25.8. The van der Waals surface area contributed by atoms with Crippen LogP contribution in [-0.4, -0.2) is 91.9 Å². The lowest BCUT2D eigenvalue weighted by molar-refractivity contribution is -0.180. The van der Waals surface area contributed by atoms with Crippen molar-refractivity contribution < 1.29 is 22.7 Å². The summed E-state index contributed by atoms with van der Waals surface area (Å²) in [6.07, 6.45) is -0.736. The second kappa shape index (κ2) is 11.9. The van der Waals surface area contributed by atoms with E-state index in [-0.39, 0.29) is 25.2 Å². The van der Waals surface area contributed by atoms with Crippen molar-refractivity contribution >= 4 is 22.9 Å². The van der Waals surface area contributed by atoms with E-state index in [9.17, 15) is 18.0 Å². The van der Waals surface area contributed by atoms with Crippen molar-refractivity contribution in [3.05, 3.63) is 66.0 Å². The fourth-order valence-electron chi connectivity index (χ4n) is 5.71. The number of nitrogens with one attached hydrogen (secondary N) is 1. The number of halogens is 3. The number of anilines is 1. The Hall–Kier alpha value is -4.26. The first-order chi connectivity index (χ1) is 21.3. The molecule has 0 saturated carbocycles. The van der Waals surface area contributed by atoms with Gasteiger partial charge in [0, 0.05) is 75.3 Å². The molecular formula is C32H37F3N8O2. The number of aromatic amines is 1. The summed E-state index contributed by atoms with van der Waals surface area (Å²) in [4.78, 5) is 39.5. The first kappa shape index (κ1) is 30.8. The van der Waals surface area contributed by atoms with Crippen molar-refractivity contribution in [2.24, 2.45) is 5.92 Å². The van der Waals surface area contributed by atoms with Crippen LogP contribution in [0.15, 0.2) is 48.9 Å². The maximum absolute atomic E-state index is 12.9. The van der Waals surface area contributed by atoms with Crippen LogP contribution in [0, 0.1) is 5.92 Å². The van der Waals surface area contributed by atoms with Crippen molar-refractivity contribution in [3.63, 3.8) is 0 Å². The Bertz CT molecular complexity index is 1670. The minimum atomic E-state index is -4.19. The van der Waals surface area contributed by atoms with Gasteiger partial charge in [-0.3, -0.25) is 9.88 Å². The number of amides is 1. The van der Waals surface area contributed by atoms with Crippen molar-refractivity contribution in [2.45, 2.75) is 51.9 Å². The van der Waals surface area contributed by atoms with Crippen LogP contribution in [0.4, 0.5) is 23.8 Å². The highest BCUT2D eigenvalue weighted by Gasteiger charge is 2.47. The fourth-order valence-corrected chi connectivity index (χ4v) is 5.71. The van der Waals surface area contributed by atoms with Crippen LogP contribution in [0.25, 0.3) is 22.3 Å². The monoisotopic (exact) mass is 622 g/mol. The highest BCUT2D eigenvalue weighted by atomic mass is 19.4. The SMILES string of the molecule is CC(c1ccnc(Cc2nc3ccc(-c4cc(N5CC(C(F)(F)F)C5)ncn4)cc3[nH]2)c1)N1CCN(C(=O)OC(C)(C)C)CC1. The number of H-pyrrole nitrogens is 1. The number of rotatable bonds is 6. The van der Waals surface area contributed by atoms with Gasteiger partial charge in [-0.1, -0.05) is 6.07 Å². The summed E-state index contributed by atoms with van der Waals surface area (Å²) in [6, 6.07) is 11.7. The minimum Gasteiger partial charge on any atom is -0.444 e. The second-order valence-corrected chi connectivity index (χ2v) is 12.8. The largest absolute Gasteiger partial charge is 0.444 e. The van der Waals surface area contributed by atoms with Crippen LogP contribution in [-0.2, 0) is 11.2 Å². The van der Waals surface area contributed by atoms with Crippen molar-refractivity contribution in [2.75, 3.05) is 44.2 Å². The van der Waals surface area contributed by atoms with Crippen LogP contribution < -0.4 is 4.90 Å². The van der Waals surface area contributed by atoms with Crippen molar-refractivity contribution in [3.8, 4) is 11.3 Å². The normalized spacial score (nSPS) is 17.4. The summed E-state index contributed by atoms with van der Waals surface area (Å²) < 4.78 is 44.3. The molecule has 2 saturated heterocycles. The molecule has 238 valence electrons. The molecule has 13 heteroatoms. The molecule has 1 aromatic carbocycles. The maximum atomic E-state index is 12.9. The molecule has 1 amide bonds. The quantitative estimate of drug-likeness (QED) is 0.296. The molecule has 1 unspecified atom stereocenters. The highest BCUT2D eigenvalue weighted by Crippen LogP contribution is 2.36. The minimum absolute atomic E-state index is 0.0956. The van der Waals surface area contributed by atoms with Crippen LogP contribution in [0.2, 0.25) is 0 Å². The summed E-state index contributed by atoms with van der Waals surface area (Å²) in [6.45, 7) is 10.3. The van der Waals surface area contributed by atoms with E-state index in [4.69, 9.17) is 9.72 Å². The smallest absolute Gasteiger partial charge is 0.410 e. The Morgan fingerprint density at radius 2 is 1.78 bits per heavy atom. The molecule has 45 heavy (non-hydrogen) atoms. The summed E-state index contributed by atoms with van der Waals surface area (Å²) >= 11 is 0. The van der Waals surface area contributed by atoms with Gasteiger partial charge in [-0.25, -0.2) is 19.7 Å². The van der Waals surface area contributed by atoms with E-state index in [1.54, 1.807) is 15.9 Å². The maximum Gasteiger partial charge on any atom is 0.410 e. The number of hydrogen-bond donors (Lipinski definition) is 1. The first-order valence-electron chi connectivity index (χ1n) is 15.1. The van der Waals surface area contributed by atoms with E-state index >= 15 is 0 Å². The summed E-state index contributed by atoms with van der Waals surface area (Å²) in [5.41, 5.74) is 4.59. The lowest BCUT2D eigenvalue weighted by atomic mass is 9.99. The average molecular weight is 623 g/mol. The molecule has 1 atom stereocenters. The number of nitrogens with zero attached hydrogens (tertiary/aromatic N) is 7. The van der Waals surface area contributed by atoms with Gasteiger partial charge in [0.05, 0.1) is 22.6 Å². The first-order valence-corrected chi connectivity index (χ1v) is 15.1. The molecule has 3 aromatic heterocycles. The number of alkyl halides is 3. The Balaban J connectivity index is 1.10. The van der Waals surface area contributed by atoms with Gasteiger partial charge >= 0.3 is 12.3 Å². The lowest BCUT2D eigenvalue weighted by Gasteiger charge is -2.40. The molecule has 2 fully saturated rings. The predicted octanol–water partition coefficient (Wildman–Crippen LogP) is 5.62. The summed E-state index contributed by atoms with van der Waals surface area (Å²) in [5, 5.41) is 0. The van der Waals surface area contributed by atoms with E-state index in [2.05, 4.69) is 37.8 Å². The molecular weight excluding hydrogens is 585 g/mol. The standard InChI is InChI=1S/C32H37F3N8O2/c1-20(41-9-11-42(12-10-41)30(44)45-31(2,3)4)21-7-8-36-24(13-21)15-28-39-25-6-5-22(14-27(25)40-28)26-16-29(38-19-37-26)43-17-23(18-43)32(33,34)35/h5-8,13-14,16,19-20,23H,9-12,15,17-18H2,1-4H3,(H,39,40). The van der Waals surface area contributed by atoms with E-state index in [1.165, 1.54) is 6.33 Å². The zero-order chi connectivity index (χ0) is 31.9. The van der Waals surface area contributed by atoms with E-state index in [0.29, 0.717) is 31.0 Å². The van der Waals surface area contributed by atoms with Gasteiger partial charge in [0.1, 0.15) is 23.6 Å². The Labute approximate surface area is 259 Å². The molecule has 0 bridgehead atoms. The Morgan fingerprint density at radius 3 is 2.49 bits per heavy atom. The van der Waals surface area contributed by atoms with Gasteiger partial charge in [0.25, 0.3) is 0 Å². The van der Waals surface area contributed by atoms with Crippen molar-refractivity contribution in [1.29, 1.82) is 0 Å². The molecule has 6 rings (SSSR count). The van der Waals surface area contributed by atoms with E-state index < -0.39 is 17.7 Å². The number of aromatic nitrogens is 5. The number of piperazine rings is 1. The molecule has 2 aliphatic rings. The van der Waals surface area contributed by atoms with Gasteiger partial charge in [0.15, 0.2) is 0 Å². The molecule has 0 aliphatic carbocycles. The number of hydrogen-bond acceptors (Lipinski definition) is 8. The van der Waals surface area contributed by atoms with Crippen LogP contribution in [0.1, 0.15) is 50.8 Å². The van der Waals surface area contributed by atoms with Gasteiger partial charge in [-0.05, 0) is 57.5 Å². The van der Waals surface area contributed by atoms with E-state index in [1.807, 2.05) is 51.2 Å². The van der Waals surface area contributed by atoms with Gasteiger partial charge < -0.3 is 19.5 Å². The molecule has 0 radical (unpaired) electrons. The number of carbonyl (C=O) groups is 1. The Morgan fingerprint density at radius 1 is 1.02 bits per heavy atom. The number of ether oxygens (including phenoxy) is 1. The van der Waals surface area contributed by atoms with Crippen LogP contribution in [0.3, 0.4) is 0 Å². The summed E-state index contributed by atoms with van der Waals surface area (Å²) in [7, 11) is 0. The number of benzene rings is 1. The third kappa shape index (κ3) is 7.03. The third-order valence-electron chi connectivity index (χ3n) is 8.33. The highest BCUT2D eigenvalue weighted by molar-refractivity contribution is 5.81. The lowest BCUT2D eigenvalue weighted by Crippen LogP contribution is -2.53. The van der Waals surface area contributed by atoms with Gasteiger partial charge in [-0.2, -0.15) is 13.2 Å². The second-order valence-electron chi connectivity index (χ2n) is 12.8. The topological polar surface area (TPSA) is 103 Å². The van der Waals surface area contributed by atoms with Crippen LogP contribution >= 0.6 is 0 Å². The predicted molar refractivity (Wildman–Crippen MR) is 164 cm³/mol. The molecule has 2 aliphatic heterocycles. The van der Waals surface area contributed by atoms with Crippen LogP contribution in [0.5, 0.6) is 0 Å². The number of carbonyl (C=O) groups excluding carboxylic acids is 1. The van der Waals surface area contributed by atoms with Gasteiger partial charge in [0.2, 0.25) is 0 Å². The summed E-state index contributed by atoms with van der Waals surface area (Å²) in [5.74, 6) is -0.0702. The number of pyridine rings is 1. The van der Waals surface area contributed by atoms with Crippen molar-refractivity contribution in [1.82, 2.24) is 34.7 Å². The Kier molecular flexibility index (Phi) is 8.14. The number of imidazole rings is 1. The van der Waals surface area contributed by atoms with Gasteiger partial charge in [-0.15, -0.1) is 0 Å². The molecule has 0 spiro atoms.